The van der Waals surface area contributed by atoms with E-state index in [9.17, 15) is 0 Å². The molecule has 1 atom stereocenters. The summed E-state index contributed by atoms with van der Waals surface area (Å²) in [4.78, 5) is 1.25. The normalized spacial score (nSPS) is 10.6. The van der Waals surface area contributed by atoms with Crippen molar-refractivity contribution in [2.75, 3.05) is 12.8 Å². The molecule has 0 rings (SSSR count). The molecule has 0 fully saturated rings. The van der Waals surface area contributed by atoms with Gasteiger partial charge in [-0.2, -0.15) is 0 Å². The first-order chi connectivity index (χ1) is 3.41. The number of hydrogen-bond acceptors (Lipinski definition) is 1. The number of hydrogen-bond donors (Lipinski definition) is 1. The fourth-order valence-electron chi connectivity index (χ4n) is 0.271. The molecule has 42 valence electrons. The Hall–Kier alpha value is 1.18. The molecule has 0 aliphatic heterocycles. The largest absolute Gasteiger partial charge is 0.396 e. The molecule has 0 saturated heterocycles. The van der Waals surface area contributed by atoms with Gasteiger partial charge in [0.2, 0.25) is 4.86 Å². The summed E-state index contributed by atoms with van der Waals surface area (Å²) in [6, 6.07) is 0. The van der Waals surface area contributed by atoms with E-state index in [0.29, 0.717) is 6.61 Å². The molecule has 1 nitrogen and oxygen atoms in total. The zero-order chi connectivity index (χ0) is 5.54. The van der Waals surface area contributed by atoms with E-state index in [1.54, 1.807) is 0 Å². The van der Waals surface area contributed by atoms with E-state index in [1.807, 2.05) is 0 Å². The monoisotopic (exact) mass is 230 g/mol. The van der Waals surface area contributed by atoms with Crippen LogP contribution in [0, 0.1) is 0 Å². The van der Waals surface area contributed by atoms with Crippen molar-refractivity contribution >= 4 is 35.7 Å². The quantitative estimate of drug-likeness (QED) is 0.327. The Balaban J connectivity index is 2.45. The molecule has 0 aromatic carbocycles. The highest BCUT2D eigenvalue weighted by Gasteiger charge is 1.83. The first-order valence-corrected chi connectivity index (χ1v) is 5.23. The fourth-order valence-corrected chi connectivity index (χ4v) is 1.96. The van der Waals surface area contributed by atoms with Gasteiger partial charge < -0.3 is 5.11 Å². The van der Waals surface area contributed by atoms with E-state index in [1.165, 1.54) is 11.0 Å². The van der Waals surface area contributed by atoms with Crippen LogP contribution < -0.4 is 0 Å². The Morgan fingerprint density at radius 3 is 2.86 bits per heavy atom. The van der Waals surface area contributed by atoms with E-state index in [2.05, 4.69) is 22.4 Å². The summed E-state index contributed by atoms with van der Waals surface area (Å²) in [5.41, 5.74) is 0. The molecule has 0 radical (unpaired) electrons. The third-order valence-corrected chi connectivity index (χ3v) is 3.12. The maximum atomic E-state index is 8.29. The van der Waals surface area contributed by atoms with Gasteiger partial charge in [0.15, 0.2) is 0 Å². The third kappa shape index (κ3) is 7.18. The summed E-state index contributed by atoms with van der Waals surface area (Å²) in [5.74, 6) is 0. The highest BCUT2D eigenvalue weighted by atomic mass is 127. The van der Waals surface area contributed by atoms with Crippen LogP contribution in [0.3, 0.4) is 0 Å². The van der Waals surface area contributed by atoms with Crippen molar-refractivity contribution in [2.45, 2.75) is 6.42 Å². The van der Waals surface area contributed by atoms with Gasteiger partial charge in [0.05, 0.1) is 0 Å². The van der Waals surface area contributed by atoms with Crippen LogP contribution in [-0.2, 0) is 0 Å². The lowest BCUT2D eigenvalue weighted by molar-refractivity contribution is 0.296. The van der Waals surface area contributed by atoms with E-state index in [-0.39, 0.29) is 0 Å². The fraction of sp³-hybridized carbons (Fsp3) is 1.00. The number of rotatable bonds is 4. The molecule has 4 heteroatoms. The Bertz CT molecular complexity index is 34.1. The van der Waals surface area contributed by atoms with Crippen LogP contribution in [0.5, 0.6) is 0 Å². The van der Waals surface area contributed by atoms with Crippen LogP contribution in [0.1, 0.15) is 6.42 Å². The maximum Gasteiger partial charge on any atom is 0.225 e. The number of aliphatic hydroxyl groups excluding tert-OH is 1. The summed E-state index contributed by atoms with van der Waals surface area (Å²) in [6.07, 6.45) is 2.20. The second-order valence-electron chi connectivity index (χ2n) is 1.21. The zero-order valence-corrected chi connectivity index (χ0v) is 7.31. The molecule has 0 amide bonds. The summed E-state index contributed by atoms with van der Waals surface area (Å²) in [6.45, 7) is 0.365. The molecule has 0 spiro atoms. The van der Waals surface area contributed by atoms with E-state index in [4.69, 9.17) is 5.11 Å². The molecular formula is C3H9BIOP. The van der Waals surface area contributed by atoms with Gasteiger partial charge in [-0.15, -0.1) is 30.8 Å². The molecular weight excluding hydrogens is 221 g/mol. The molecule has 0 aliphatic carbocycles. The molecule has 0 aromatic rings. The predicted octanol–water partition coefficient (Wildman–Crippen LogP) is 0.749. The molecule has 0 aromatic heterocycles. The molecule has 7 heavy (non-hydrogen) atoms. The predicted molar refractivity (Wildman–Crippen MR) is 46.1 cm³/mol. The molecule has 0 heterocycles. The average molecular weight is 230 g/mol. The lowest BCUT2D eigenvalue weighted by atomic mass is 10.5. The maximum absolute atomic E-state index is 8.29. The first-order valence-electron chi connectivity index (χ1n) is 2.29. The van der Waals surface area contributed by atoms with Crippen LogP contribution in [0.2, 0.25) is 0 Å². The van der Waals surface area contributed by atoms with Crippen molar-refractivity contribution in [3.63, 3.8) is 0 Å². The minimum absolute atomic E-state index is 0.365. The Morgan fingerprint density at radius 2 is 2.43 bits per heavy atom. The van der Waals surface area contributed by atoms with Gasteiger partial charge in [-0.25, -0.2) is 0 Å². The molecule has 1 N–H and O–H groups in total. The van der Waals surface area contributed by atoms with Gasteiger partial charge in [0.1, 0.15) is 0 Å². The van der Waals surface area contributed by atoms with E-state index in [0.717, 1.165) is 14.9 Å². The Kier molecular flexibility index (Phi) is 8.40. The summed E-state index contributed by atoms with van der Waals surface area (Å²) < 4.78 is 0. The van der Waals surface area contributed by atoms with E-state index >= 15 is 0 Å². The van der Waals surface area contributed by atoms with E-state index < -0.39 is 0 Å². The van der Waals surface area contributed by atoms with Gasteiger partial charge in [-0.1, -0.05) is 0 Å². The topological polar surface area (TPSA) is 20.2 Å². The van der Waals surface area contributed by atoms with Crippen LogP contribution >= 0.6 is 30.8 Å². The second kappa shape index (κ2) is 7.18. The van der Waals surface area contributed by atoms with Gasteiger partial charge in [-0.3, -0.25) is 0 Å². The van der Waals surface area contributed by atoms with Crippen LogP contribution in [0.25, 0.3) is 0 Å². The van der Waals surface area contributed by atoms with Gasteiger partial charge >= 0.3 is 0 Å². The third-order valence-electron chi connectivity index (χ3n) is 0.606. The zero-order valence-electron chi connectivity index (χ0n) is 4.15. The minimum atomic E-state index is 0.365. The SMILES string of the molecule is OCCCPBI. The van der Waals surface area contributed by atoms with Crippen LogP contribution in [0.4, 0.5) is 0 Å². The van der Waals surface area contributed by atoms with Crippen LogP contribution in [0.15, 0.2) is 0 Å². The molecule has 0 bridgehead atoms. The summed E-state index contributed by atoms with van der Waals surface area (Å²) in [5, 5.41) is 8.29. The minimum Gasteiger partial charge on any atom is -0.396 e. The second-order valence-corrected chi connectivity index (χ2v) is 4.77. The highest BCUT2D eigenvalue weighted by Crippen LogP contribution is 2.10. The molecule has 0 aliphatic rings. The first kappa shape index (κ1) is 8.18. The smallest absolute Gasteiger partial charge is 0.225 e. The highest BCUT2D eigenvalue weighted by molar-refractivity contribution is 14.1. The Morgan fingerprint density at radius 1 is 1.71 bits per heavy atom. The standard InChI is InChI=1S/C3H9BIOP/c5-4-7-3-1-2-6/h4,6-7H,1-3H2. The number of aliphatic hydroxyl groups is 1. The molecule has 0 saturated carbocycles. The number of halogens is 1. The lowest BCUT2D eigenvalue weighted by Crippen LogP contribution is -1.83. The van der Waals surface area contributed by atoms with Crippen molar-refractivity contribution in [1.82, 2.24) is 0 Å². The van der Waals surface area contributed by atoms with Gasteiger partial charge in [-0.05, 0) is 12.6 Å². The summed E-state index contributed by atoms with van der Waals surface area (Å²) >= 11 is 2.36. The van der Waals surface area contributed by atoms with Crippen LogP contribution in [-0.4, -0.2) is 22.7 Å². The summed E-state index contributed by atoms with van der Waals surface area (Å²) in [7, 11) is 1.05. The van der Waals surface area contributed by atoms with Crippen molar-refractivity contribution in [3.05, 3.63) is 0 Å². The van der Waals surface area contributed by atoms with Crippen molar-refractivity contribution in [2.24, 2.45) is 0 Å². The van der Waals surface area contributed by atoms with Crippen molar-refractivity contribution in [1.29, 1.82) is 0 Å². The van der Waals surface area contributed by atoms with Gasteiger partial charge in [0.25, 0.3) is 0 Å². The lowest BCUT2D eigenvalue weighted by Gasteiger charge is -1.89. The van der Waals surface area contributed by atoms with Crippen molar-refractivity contribution in [3.8, 4) is 0 Å². The Labute approximate surface area is 60.1 Å². The van der Waals surface area contributed by atoms with Crippen molar-refractivity contribution < 1.29 is 5.11 Å². The average Bonchev–Trinajstić information content (AvgIpc) is 1.69. The van der Waals surface area contributed by atoms with Gasteiger partial charge in [0, 0.05) is 6.61 Å². The molecule has 1 unspecified atom stereocenters.